The van der Waals surface area contributed by atoms with Gasteiger partial charge < -0.3 is 19.7 Å². The van der Waals surface area contributed by atoms with Gasteiger partial charge in [0, 0.05) is 29.5 Å². The number of nitrogens with zero attached hydrogens (tertiary/aromatic N) is 1. The van der Waals surface area contributed by atoms with Crippen molar-refractivity contribution in [1.29, 1.82) is 0 Å². The highest BCUT2D eigenvalue weighted by atomic mass is 79.9. The molecule has 2 atom stereocenters. The van der Waals surface area contributed by atoms with E-state index in [2.05, 4.69) is 26.6 Å². The highest BCUT2D eigenvalue weighted by Crippen LogP contribution is 2.23. The van der Waals surface area contributed by atoms with E-state index < -0.39 is 5.60 Å². The van der Waals surface area contributed by atoms with E-state index in [1.807, 2.05) is 26.8 Å². The van der Waals surface area contributed by atoms with Gasteiger partial charge in [0.2, 0.25) is 0 Å². The molecule has 1 amide bonds. The lowest BCUT2D eigenvalue weighted by atomic mass is 10.2. The van der Waals surface area contributed by atoms with Crippen LogP contribution in [-0.4, -0.2) is 48.9 Å². The second kappa shape index (κ2) is 7.29. The predicted octanol–water partition coefficient (Wildman–Crippen LogP) is 3.23. The Bertz CT molecular complexity index is 515. The van der Waals surface area contributed by atoms with Crippen molar-refractivity contribution in [3.63, 3.8) is 0 Å². The first-order valence-electron chi connectivity index (χ1n) is 7.26. The minimum Gasteiger partial charge on any atom is -0.444 e. The first kappa shape index (κ1) is 17.7. The largest absolute Gasteiger partial charge is 0.444 e. The number of rotatable bonds is 4. The number of carbonyl (C=O) groups is 1. The third-order valence-electron chi connectivity index (χ3n) is 3.44. The van der Waals surface area contributed by atoms with E-state index in [0.717, 1.165) is 11.0 Å². The van der Waals surface area contributed by atoms with Crippen LogP contribution in [0.4, 0.5) is 4.79 Å². The van der Waals surface area contributed by atoms with Crippen LogP contribution in [0.15, 0.2) is 15.9 Å². The molecular weight excluding hydrogens is 368 g/mol. The second-order valence-electron chi connectivity index (χ2n) is 6.34. The minimum atomic E-state index is -0.479. The number of likely N-dealkylation sites (tertiary alicyclic amines) is 1. The van der Waals surface area contributed by atoms with Crippen molar-refractivity contribution in [2.75, 3.05) is 20.2 Å². The van der Waals surface area contributed by atoms with E-state index in [0.29, 0.717) is 13.1 Å². The number of amides is 1. The monoisotopic (exact) mass is 390 g/mol. The Morgan fingerprint density at radius 1 is 1.50 bits per heavy atom. The molecule has 1 fully saturated rings. The zero-order chi connectivity index (χ0) is 16.3. The van der Waals surface area contributed by atoms with Crippen molar-refractivity contribution in [2.24, 2.45) is 0 Å². The van der Waals surface area contributed by atoms with Crippen LogP contribution >= 0.6 is 27.3 Å². The summed E-state index contributed by atoms with van der Waals surface area (Å²) in [7, 11) is 1.68. The summed E-state index contributed by atoms with van der Waals surface area (Å²) in [6.07, 6.45) is -0.303. The van der Waals surface area contributed by atoms with E-state index in [1.54, 1.807) is 23.3 Å². The number of halogens is 1. The summed E-state index contributed by atoms with van der Waals surface area (Å²) in [4.78, 5) is 15.1. The fourth-order valence-electron chi connectivity index (χ4n) is 2.36. The molecule has 0 radical (unpaired) electrons. The number of thiophene rings is 1. The molecule has 1 aliphatic heterocycles. The first-order valence-corrected chi connectivity index (χ1v) is 8.93. The summed E-state index contributed by atoms with van der Waals surface area (Å²) in [5.41, 5.74) is -0.479. The highest BCUT2D eigenvalue weighted by molar-refractivity contribution is 9.10. The van der Waals surface area contributed by atoms with E-state index in [-0.39, 0.29) is 18.2 Å². The number of hydrogen-bond donors (Lipinski definition) is 1. The second-order valence-corrected chi connectivity index (χ2v) is 8.19. The van der Waals surface area contributed by atoms with E-state index >= 15 is 0 Å². The molecule has 124 valence electrons. The molecule has 2 heterocycles. The van der Waals surface area contributed by atoms with Gasteiger partial charge in [-0.2, -0.15) is 0 Å². The Kier molecular flexibility index (Phi) is 5.87. The van der Waals surface area contributed by atoms with Gasteiger partial charge in [0.1, 0.15) is 5.60 Å². The summed E-state index contributed by atoms with van der Waals surface area (Å²) in [5, 5.41) is 5.53. The van der Waals surface area contributed by atoms with Gasteiger partial charge in [0.15, 0.2) is 0 Å². The van der Waals surface area contributed by atoms with Crippen molar-refractivity contribution in [2.45, 2.75) is 45.1 Å². The summed E-state index contributed by atoms with van der Waals surface area (Å²) in [6, 6.07) is 2.14. The van der Waals surface area contributed by atoms with Crippen molar-refractivity contribution in [3.05, 3.63) is 20.8 Å². The number of hydrogen-bond acceptors (Lipinski definition) is 5. The van der Waals surface area contributed by atoms with Crippen LogP contribution in [-0.2, 0) is 16.0 Å². The summed E-state index contributed by atoms with van der Waals surface area (Å²) < 4.78 is 12.1. The zero-order valence-electron chi connectivity index (χ0n) is 13.4. The molecule has 0 aromatic carbocycles. The Balaban J connectivity index is 1.92. The molecule has 1 aromatic rings. The standard InChI is InChI=1S/C15H23BrN2O3S/c1-15(2,3)21-14(19)18-8-11(12(9-18)20-4)17-7-13-10(16)5-6-22-13/h5-6,11-12,17H,7-9H2,1-4H3/t11?,12-/m0/s1. The third-order valence-corrected chi connectivity index (χ3v) is 5.36. The molecule has 0 spiro atoms. The molecule has 1 unspecified atom stereocenters. The van der Waals surface area contributed by atoms with Gasteiger partial charge in [-0.25, -0.2) is 4.79 Å². The average molecular weight is 391 g/mol. The van der Waals surface area contributed by atoms with Crippen molar-refractivity contribution in [3.8, 4) is 0 Å². The van der Waals surface area contributed by atoms with Crippen molar-refractivity contribution in [1.82, 2.24) is 10.2 Å². The maximum absolute atomic E-state index is 12.2. The van der Waals surface area contributed by atoms with Gasteiger partial charge >= 0.3 is 6.09 Å². The lowest BCUT2D eigenvalue weighted by molar-refractivity contribution is 0.0252. The Hall–Kier alpha value is -0.630. The lowest BCUT2D eigenvalue weighted by Crippen LogP contribution is -2.40. The summed E-state index contributed by atoms with van der Waals surface area (Å²) in [5.74, 6) is 0. The van der Waals surface area contributed by atoms with Gasteiger partial charge in [-0.05, 0) is 48.1 Å². The van der Waals surface area contributed by atoms with Crippen LogP contribution in [0.2, 0.25) is 0 Å². The molecule has 2 rings (SSSR count). The topological polar surface area (TPSA) is 50.8 Å². The highest BCUT2D eigenvalue weighted by Gasteiger charge is 2.37. The molecule has 1 aliphatic rings. The maximum Gasteiger partial charge on any atom is 0.410 e. The summed E-state index contributed by atoms with van der Waals surface area (Å²) >= 11 is 5.23. The van der Waals surface area contributed by atoms with Gasteiger partial charge in [-0.3, -0.25) is 0 Å². The average Bonchev–Trinajstić information content (AvgIpc) is 3.00. The predicted molar refractivity (Wildman–Crippen MR) is 91.3 cm³/mol. The molecule has 1 aromatic heterocycles. The quantitative estimate of drug-likeness (QED) is 0.856. The fraction of sp³-hybridized carbons (Fsp3) is 0.667. The molecular formula is C15H23BrN2O3S. The van der Waals surface area contributed by atoms with Crippen LogP contribution in [0, 0.1) is 0 Å². The molecule has 0 aliphatic carbocycles. The number of nitrogens with one attached hydrogen (secondary N) is 1. The summed E-state index contributed by atoms with van der Waals surface area (Å²) in [6.45, 7) is 7.52. The van der Waals surface area contributed by atoms with E-state index in [9.17, 15) is 4.79 Å². The SMILES string of the molecule is CO[C@H]1CN(C(=O)OC(C)(C)C)CC1NCc1sccc1Br. The van der Waals surface area contributed by atoms with Gasteiger partial charge in [-0.1, -0.05) is 0 Å². The Morgan fingerprint density at radius 3 is 2.77 bits per heavy atom. The number of ether oxygens (including phenoxy) is 2. The van der Waals surface area contributed by atoms with Gasteiger partial charge in [0.05, 0.1) is 18.7 Å². The van der Waals surface area contributed by atoms with E-state index in [4.69, 9.17) is 9.47 Å². The maximum atomic E-state index is 12.2. The van der Waals surface area contributed by atoms with Crippen LogP contribution in [0.5, 0.6) is 0 Å². The van der Waals surface area contributed by atoms with Gasteiger partial charge in [0.25, 0.3) is 0 Å². The Morgan fingerprint density at radius 2 is 2.23 bits per heavy atom. The third kappa shape index (κ3) is 4.68. The number of carbonyl (C=O) groups excluding carboxylic acids is 1. The first-order chi connectivity index (χ1) is 10.3. The van der Waals surface area contributed by atoms with Gasteiger partial charge in [-0.15, -0.1) is 11.3 Å². The lowest BCUT2D eigenvalue weighted by Gasteiger charge is -2.24. The molecule has 7 heteroatoms. The number of methoxy groups -OCH3 is 1. The normalized spacial score (nSPS) is 22.1. The minimum absolute atomic E-state index is 0.0220. The van der Waals surface area contributed by atoms with Crippen LogP contribution in [0.3, 0.4) is 0 Å². The molecule has 5 nitrogen and oxygen atoms in total. The van der Waals surface area contributed by atoms with Crippen LogP contribution < -0.4 is 5.32 Å². The zero-order valence-corrected chi connectivity index (χ0v) is 15.8. The molecule has 1 N–H and O–H groups in total. The van der Waals surface area contributed by atoms with E-state index in [1.165, 1.54) is 4.88 Å². The fourth-order valence-corrected chi connectivity index (χ4v) is 3.80. The molecule has 0 bridgehead atoms. The molecule has 22 heavy (non-hydrogen) atoms. The van der Waals surface area contributed by atoms with Crippen LogP contribution in [0.25, 0.3) is 0 Å². The smallest absolute Gasteiger partial charge is 0.410 e. The molecule has 0 saturated carbocycles. The molecule has 1 saturated heterocycles. The van der Waals surface area contributed by atoms with Crippen molar-refractivity contribution < 1.29 is 14.3 Å². The van der Waals surface area contributed by atoms with Crippen LogP contribution in [0.1, 0.15) is 25.6 Å². The Labute approximate surface area is 144 Å². The van der Waals surface area contributed by atoms with Crippen molar-refractivity contribution >= 4 is 33.4 Å².